The number of rotatable bonds is 4. The van der Waals surface area contributed by atoms with Gasteiger partial charge in [-0.3, -0.25) is 0 Å². The van der Waals surface area contributed by atoms with Gasteiger partial charge in [-0.15, -0.1) is 16.4 Å². The van der Waals surface area contributed by atoms with E-state index >= 15 is 0 Å². The van der Waals surface area contributed by atoms with Crippen LogP contribution in [0.4, 0.5) is 5.69 Å². The van der Waals surface area contributed by atoms with Crippen LogP contribution < -0.4 is 5.32 Å². The Morgan fingerprint density at radius 3 is 2.70 bits per heavy atom. The standard InChI is InChI=1S/C13H12ClN5S/c1-9(10-6-13(14)20-7-10)16-11-2-4-12(5-3-11)19-8-15-17-18-19/h2-9,16H,1H3. The molecular weight excluding hydrogens is 294 g/mol. The fraction of sp³-hybridized carbons (Fsp3) is 0.154. The van der Waals surface area contributed by atoms with Gasteiger partial charge in [-0.05, 0) is 58.6 Å². The second-order valence-electron chi connectivity index (χ2n) is 4.35. The van der Waals surface area contributed by atoms with E-state index in [0.717, 1.165) is 15.7 Å². The first-order chi connectivity index (χ1) is 9.72. The lowest BCUT2D eigenvalue weighted by atomic mass is 10.1. The highest BCUT2D eigenvalue weighted by atomic mass is 35.5. The number of aromatic nitrogens is 4. The summed E-state index contributed by atoms with van der Waals surface area (Å²) < 4.78 is 2.42. The Morgan fingerprint density at radius 2 is 2.10 bits per heavy atom. The average molecular weight is 306 g/mol. The summed E-state index contributed by atoms with van der Waals surface area (Å²) in [4.78, 5) is 0. The number of benzene rings is 1. The number of hydrogen-bond donors (Lipinski definition) is 1. The van der Waals surface area contributed by atoms with Gasteiger partial charge in [0.05, 0.1) is 10.0 Å². The van der Waals surface area contributed by atoms with Crippen LogP contribution in [0.3, 0.4) is 0 Å². The van der Waals surface area contributed by atoms with Crippen molar-refractivity contribution in [2.45, 2.75) is 13.0 Å². The van der Waals surface area contributed by atoms with Gasteiger partial charge in [-0.25, -0.2) is 4.68 Å². The maximum Gasteiger partial charge on any atom is 0.143 e. The number of hydrogen-bond acceptors (Lipinski definition) is 5. The second-order valence-corrected chi connectivity index (χ2v) is 5.89. The Labute approximate surface area is 125 Å². The molecule has 0 aliphatic carbocycles. The zero-order chi connectivity index (χ0) is 13.9. The van der Waals surface area contributed by atoms with Gasteiger partial charge in [0.1, 0.15) is 6.33 Å². The van der Waals surface area contributed by atoms with Gasteiger partial charge in [0.2, 0.25) is 0 Å². The van der Waals surface area contributed by atoms with Gasteiger partial charge in [0, 0.05) is 11.7 Å². The molecule has 0 radical (unpaired) electrons. The molecule has 0 fully saturated rings. The second kappa shape index (κ2) is 5.60. The first-order valence-electron chi connectivity index (χ1n) is 6.06. The van der Waals surface area contributed by atoms with Crippen LogP contribution in [-0.4, -0.2) is 20.2 Å². The zero-order valence-corrected chi connectivity index (χ0v) is 12.3. The molecule has 3 rings (SSSR count). The summed E-state index contributed by atoms with van der Waals surface area (Å²) in [6.07, 6.45) is 1.57. The molecule has 1 atom stereocenters. The van der Waals surface area contributed by atoms with Crippen LogP contribution >= 0.6 is 22.9 Å². The third-order valence-electron chi connectivity index (χ3n) is 2.95. The van der Waals surface area contributed by atoms with E-state index in [2.05, 4.69) is 33.1 Å². The van der Waals surface area contributed by atoms with Gasteiger partial charge in [-0.2, -0.15) is 0 Å². The SMILES string of the molecule is CC(Nc1ccc(-n2cnnn2)cc1)c1csc(Cl)c1. The molecule has 20 heavy (non-hydrogen) atoms. The summed E-state index contributed by atoms with van der Waals surface area (Å²) >= 11 is 7.50. The highest BCUT2D eigenvalue weighted by Crippen LogP contribution is 2.27. The van der Waals surface area contributed by atoms with Crippen LogP contribution in [0, 0.1) is 0 Å². The highest BCUT2D eigenvalue weighted by molar-refractivity contribution is 7.14. The molecule has 0 saturated heterocycles. The number of halogens is 1. The molecule has 3 aromatic rings. The van der Waals surface area contributed by atoms with Crippen LogP contribution in [0.1, 0.15) is 18.5 Å². The summed E-state index contributed by atoms with van der Waals surface area (Å²) in [7, 11) is 0. The van der Waals surface area contributed by atoms with Crippen molar-refractivity contribution in [2.24, 2.45) is 0 Å². The summed E-state index contributed by atoms with van der Waals surface area (Å²) in [6, 6.07) is 10.1. The average Bonchev–Trinajstić information content (AvgIpc) is 3.10. The third kappa shape index (κ3) is 2.81. The lowest BCUT2D eigenvalue weighted by Crippen LogP contribution is -2.05. The van der Waals surface area contributed by atoms with Gasteiger partial charge < -0.3 is 5.32 Å². The number of thiophene rings is 1. The van der Waals surface area contributed by atoms with Crippen molar-refractivity contribution in [3.8, 4) is 5.69 Å². The number of nitrogens with one attached hydrogen (secondary N) is 1. The van der Waals surface area contributed by atoms with Gasteiger partial charge in [0.15, 0.2) is 0 Å². The predicted molar refractivity (Wildman–Crippen MR) is 80.5 cm³/mol. The minimum absolute atomic E-state index is 0.206. The van der Waals surface area contributed by atoms with E-state index in [9.17, 15) is 0 Å². The quantitative estimate of drug-likeness (QED) is 0.801. The fourth-order valence-corrected chi connectivity index (χ4v) is 2.86. The van der Waals surface area contributed by atoms with Crippen molar-refractivity contribution in [3.05, 3.63) is 51.9 Å². The molecule has 0 spiro atoms. The van der Waals surface area contributed by atoms with E-state index in [4.69, 9.17) is 11.6 Å². The number of tetrazole rings is 1. The van der Waals surface area contributed by atoms with Crippen molar-refractivity contribution < 1.29 is 0 Å². The molecule has 5 nitrogen and oxygen atoms in total. The van der Waals surface area contributed by atoms with Crippen molar-refractivity contribution in [2.75, 3.05) is 5.32 Å². The van der Waals surface area contributed by atoms with Crippen molar-refractivity contribution in [1.29, 1.82) is 0 Å². The Bertz CT molecular complexity index is 677. The summed E-state index contributed by atoms with van der Waals surface area (Å²) in [5, 5.41) is 16.6. The maximum atomic E-state index is 5.95. The summed E-state index contributed by atoms with van der Waals surface area (Å²) in [5.74, 6) is 0. The molecule has 0 saturated carbocycles. The van der Waals surface area contributed by atoms with Crippen LogP contribution in [0.2, 0.25) is 4.34 Å². The van der Waals surface area contributed by atoms with Crippen LogP contribution in [0.5, 0.6) is 0 Å². The van der Waals surface area contributed by atoms with Crippen molar-refractivity contribution in [3.63, 3.8) is 0 Å². The smallest absolute Gasteiger partial charge is 0.143 e. The lowest BCUT2D eigenvalue weighted by Gasteiger charge is -2.14. The molecular formula is C13H12ClN5S. The largest absolute Gasteiger partial charge is 0.378 e. The Hall–Kier alpha value is -1.92. The molecule has 0 aliphatic heterocycles. The fourth-order valence-electron chi connectivity index (χ4n) is 1.87. The minimum atomic E-state index is 0.206. The Balaban J connectivity index is 1.72. The molecule has 0 bridgehead atoms. The predicted octanol–water partition coefficient (Wildman–Crippen LogP) is 3.55. The Kier molecular flexibility index (Phi) is 3.66. The normalized spacial score (nSPS) is 12.3. The van der Waals surface area contributed by atoms with E-state index < -0.39 is 0 Å². The molecule has 2 heterocycles. The molecule has 7 heteroatoms. The van der Waals surface area contributed by atoms with E-state index in [0.29, 0.717) is 0 Å². The van der Waals surface area contributed by atoms with E-state index in [1.807, 2.05) is 30.3 Å². The molecule has 0 aliphatic rings. The molecule has 1 aromatic carbocycles. The monoisotopic (exact) mass is 305 g/mol. The van der Waals surface area contributed by atoms with Crippen molar-refractivity contribution in [1.82, 2.24) is 20.2 Å². The van der Waals surface area contributed by atoms with Crippen LogP contribution in [-0.2, 0) is 0 Å². The molecule has 0 amide bonds. The lowest BCUT2D eigenvalue weighted by molar-refractivity contribution is 0.789. The molecule has 1 N–H and O–H groups in total. The number of anilines is 1. The summed E-state index contributed by atoms with van der Waals surface area (Å²) in [5.41, 5.74) is 3.15. The van der Waals surface area contributed by atoms with Crippen LogP contribution in [0.15, 0.2) is 42.0 Å². The molecule has 1 unspecified atom stereocenters. The number of nitrogens with zero attached hydrogens (tertiary/aromatic N) is 4. The highest BCUT2D eigenvalue weighted by Gasteiger charge is 2.07. The van der Waals surface area contributed by atoms with Gasteiger partial charge in [0.25, 0.3) is 0 Å². The first-order valence-corrected chi connectivity index (χ1v) is 7.32. The van der Waals surface area contributed by atoms with Crippen molar-refractivity contribution >= 4 is 28.6 Å². The summed E-state index contributed by atoms with van der Waals surface area (Å²) in [6.45, 7) is 2.10. The van der Waals surface area contributed by atoms with E-state index in [1.165, 1.54) is 5.56 Å². The first kappa shape index (κ1) is 13.1. The van der Waals surface area contributed by atoms with Gasteiger partial charge in [-0.1, -0.05) is 11.6 Å². The zero-order valence-electron chi connectivity index (χ0n) is 10.7. The van der Waals surface area contributed by atoms with E-state index in [-0.39, 0.29) is 6.04 Å². The van der Waals surface area contributed by atoms with E-state index in [1.54, 1.807) is 22.3 Å². The third-order valence-corrected chi connectivity index (χ3v) is 4.06. The minimum Gasteiger partial charge on any atom is -0.378 e. The molecule has 102 valence electrons. The van der Waals surface area contributed by atoms with Gasteiger partial charge >= 0.3 is 0 Å². The van der Waals surface area contributed by atoms with Crippen LogP contribution in [0.25, 0.3) is 5.69 Å². The maximum absolute atomic E-state index is 5.95. The topological polar surface area (TPSA) is 55.6 Å². The Morgan fingerprint density at radius 1 is 1.30 bits per heavy atom. The molecule has 2 aromatic heterocycles.